The number of piperazine rings is 1. The highest BCUT2D eigenvalue weighted by molar-refractivity contribution is 6.03. The number of pyridine rings is 1. The van der Waals surface area contributed by atoms with Crippen LogP contribution < -0.4 is 10.5 Å². The standard InChI is InChI=1S/C26H28N4O5/c1-2-34-26(33)30-14-12-29(13-15-30)22(31)16-21-23(25(27)32)24(19-10-6-7-11-20(19)28-21)35-17-18-8-4-3-5-9-18/h3-11H,2,12-17H2,1H3,(H2,27,32). The van der Waals surface area contributed by atoms with Crippen LogP contribution in [0, 0.1) is 0 Å². The number of nitrogens with zero attached hydrogens (tertiary/aromatic N) is 3. The van der Waals surface area contributed by atoms with Crippen molar-refractivity contribution in [2.24, 2.45) is 5.73 Å². The lowest BCUT2D eigenvalue weighted by molar-refractivity contribution is -0.132. The number of carbonyl (C=O) groups excluding carboxylic acids is 3. The van der Waals surface area contributed by atoms with Crippen molar-refractivity contribution < 1.29 is 23.9 Å². The maximum Gasteiger partial charge on any atom is 0.409 e. The van der Waals surface area contributed by atoms with Crippen molar-refractivity contribution in [3.8, 4) is 5.75 Å². The van der Waals surface area contributed by atoms with Gasteiger partial charge < -0.3 is 25.0 Å². The molecule has 1 saturated heterocycles. The van der Waals surface area contributed by atoms with E-state index in [1.54, 1.807) is 16.7 Å². The van der Waals surface area contributed by atoms with Crippen molar-refractivity contribution in [3.63, 3.8) is 0 Å². The minimum absolute atomic E-state index is 0.107. The first kappa shape index (κ1) is 24.0. The van der Waals surface area contributed by atoms with Crippen LogP contribution in [0.4, 0.5) is 4.79 Å². The van der Waals surface area contributed by atoms with Crippen LogP contribution in [-0.2, 0) is 22.6 Å². The highest BCUT2D eigenvalue weighted by atomic mass is 16.6. The van der Waals surface area contributed by atoms with Crippen molar-refractivity contribution in [1.29, 1.82) is 0 Å². The van der Waals surface area contributed by atoms with Gasteiger partial charge in [-0.2, -0.15) is 0 Å². The zero-order chi connectivity index (χ0) is 24.8. The zero-order valence-electron chi connectivity index (χ0n) is 19.6. The number of nitrogens with two attached hydrogens (primary N) is 1. The van der Waals surface area contributed by atoms with E-state index in [-0.39, 0.29) is 36.3 Å². The van der Waals surface area contributed by atoms with Crippen molar-refractivity contribution >= 4 is 28.8 Å². The summed E-state index contributed by atoms with van der Waals surface area (Å²) in [4.78, 5) is 45.5. The number of aromatic nitrogens is 1. The third kappa shape index (κ3) is 5.51. The molecule has 2 aromatic carbocycles. The van der Waals surface area contributed by atoms with E-state index in [0.717, 1.165) is 5.56 Å². The Morgan fingerprint density at radius 1 is 0.943 bits per heavy atom. The van der Waals surface area contributed by atoms with Gasteiger partial charge in [0.05, 0.1) is 24.2 Å². The number of hydrogen-bond donors (Lipinski definition) is 1. The molecule has 9 nitrogen and oxygen atoms in total. The average molecular weight is 477 g/mol. The second kappa shape index (κ2) is 10.9. The van der Waals surface area contributed by atoms with Crippen molar-refractivity contribution in [2.75, 3.05) is 32.8 Å². The summed E-state index contributed by atoms with van der Waals surface area (Å²) in [6.45, 7) is 3.79. The summed E-state index contributed by atoms with van der Waals surface area (Å²) in [6.07, 6.45) is -0.489. The second-order valence-corrected chi connectivity index (χ2v) is 8.16. The Labute approximate surface area is 203 Å². The molecule has 0 atom stereocenters. The fourth-order valence-corrected chi connectivity index (χ4v) is 4.10. The fraction of sp³-hybridized carbons (Fsp3) is 0.308. The molecule has 3 amide bonds. The normalized spacial score (nSPS) is 13.5. The number of fused-ring (bicyclic) bond motifs is 1. The average Bonchev–Trinajstić information content (AvgIpc) is 2.87. The Hall–Kier alpha value is -4.14. The monoisotopic (exact) mass is 476 g/mol. The van der Waals surface area contributed by atoms with Gasteiger partial charge in [-0.25, -0.2) is 4.79 Å². The van der Waals surface area contributed by atoms with Crippen LogP contribution in [0.1, 0.15) is 28.5 Å². The van der Waals surface area contributed by atoms with Crippen LogP contribution in [0.25, 0.3) is 10.9 Å². The van der Waals surface area contributed by atoms with Crippen molar-refractivity contribution in [2.45, 2.75) is 20.0 Å². The van der Waals surface area contributed by atoms with Crippen LogP contribution in [0.2, 0.25) is 0 Å². The Kier molecular flexibility index (Phi) is 7.45. The molecule has 1 aliphatic rings. The lowest BCUT2D eigenvalue weighted by Gasteiger charge is -2.34. The van der Waals surface area contributed by atoms with Gasteiger partial charge in [-0.3, -0.25) is 14.6 Å². The quantitative estimate of drug-likeness (QED) is 0.561. The number of amides is 3. The molecule has 2 heterocycles. The predicted octanol–water partition coefficient (Wildman–Crippen LogP) is 2.76. The van der Waals surface area contributed by atoms with Gasteiger partial charge in [0.1, 0.15) is 17.9 Å². The number of primary amides is 1. The molecule has 3 aromatic rings. The molecule has 182 valence electrons. The summed E-state index contributed by atoms with van der Waals surface area (Å²) in [7, 11) is 0. The predicted molar refractivity (Wildman–Crippen MR) is 130 cm³/mol. The summed E-state index contributed by atoms with van der Waals surface area (Å²) < 4.78 is 11.1. The summed E-state index contributed by atoms with van der Waals surface area (Å²) in [5, 5.41) is 0.650. The molecule has 0 spiro atoms. The van der Waals surface area contributed by atoms with Gasteiger partial charge in [-0.1, -0.05) is 42.5 Å². The van der Waals surface area contributed by atoms with Crippen molar-refractivity contribution in [3.05, 3.63) is 71.4 Å². The summed E-state index contributed by atoms with van der Waals surface area (Å²) >= 11 is 0. The first-order valence-electron chi connectivity index (χ1n) is 11.6. The van der Waals surface area contributed by atoms with Gasteiger partial charge in [-0.05, 0) is 24.6 Å². The lowest BCUT2D eigenvalue weighted by Crippen LogP contribution is -2.51. The molecule has 4 rings (SSSR count). The van der Waals surface area contributed by atoms with Crippen LogP contribution in [0.5, 0.6) is 5.75 Å². The fourth-order valence-electron chi connectivity index (χ4n) is 4.10. The van der Waals surface area contributed by atoms with E-state index in [1.807, 2.05) is 54.6 Å². The largest absolute Gasteiger partial charge is 0.487 e. The summed E-state index contributed by atoms with van der Waals surface area (Å²) in [5.74, 6) is -0.587. The highest BCUT2D eigenvalue weighted by Gasteiger charge is 2.28. The molecule has 1 aromatic heterocycles. The van der Waals surface area contributed by atoms with E-state index in [1.165, 1.54) is 0 Å². The number of benzene rings is 2. The molecule has 1 aliphatic heterocycles. The number of ether oxygens (including phenoxy) is 2. The maximum atomic E-state index is 13.1. The highest BCUT2D eigenvalue weighted by Crippen LogP contribution is 2.32. The lowest BCUT2D eigenvalue weighted by atomic mass is 10.0. The first-order chi connectivity index (χ1) is 17.0. The number of carbonyl (C=O) groups is 3. The van der Waals surface area contributed by atoms with Gasteiger partial charge in [0.2, 0.25) is 5.91 Å². The third-order valence-corrected chi connectivity index (χ3v) is 5.87. The first-order valence-corrected chi connectivity index (χ1v) is 11.6. The van der Waals surface area contributed by atoms with E-state index < -0.39 is 5.91 Å². The molecular weight excluding hydrogens is 448 g/mol. The minimum atomic E-state index is -0.707. The summed E-state index contributed by atoms with van der Waals surface area (Å²) in [5.41, 5.74) is 7.69. The number of hydrogen-bond acceptors (Lipinski definition) is 6. The van der Waals surface area contributed by atoms with Crippen LogP contribution in [0.15, 0.2) is 54.6 Å². The van der Waals surface area contributed by atoms with Gasteiger partial charge in [0.25, 0.3) is 5.91 Å². The zero-order valence-corrected chi connectivity index (χ0v) is 19.6. The van der Waals surface area contributed by atoms with Crippen LogP contribution >= 0.6 is 0 Å². The van der Waals surface area contributed by atoms with Gasteiger partial charge in [0.15, 0.2) is 0 Å². The molecule has 35 heavy (non-hydrogen) atoms. The molecule has 2 N–H and O–H groups in total. The molecule has 0 saturated carbocycles. The smallest absolute Gasteiger partial charge is 0.409 e. The Morgan fingerprint density at radius 2 is 1.60 bits per heavy atom. The molecule has 0 unspecified atom stereocenters. The second-order valence-electron chi connectivity index (χ2n) is 8.16. The van der Waals surface area contributed by atoms with E-state index in [0.29, 0.717) is 49.4 Å². The molecule has 0 radical (unpaired) electrons. The van der Waals surface area contributed by atoms with E-state index in [9.17, 15) is 14.4 Å². The molecule has 0 aliphatic carbocycles. The molecular formula is C26H28N4O5. The van der Waals surface area contributed by atoms with E-state index >= 15 is 0 Å². The minimum Gasteiger partial charge on any atom is -0.487 e. The Balaban J connectivity index is 1.59. The van der Waals surface area contributed by atoms with Crippen LogP contribution in [-0.4, -0.2) is 65.5 Å². The number of para-hydroxylation sites is 1. The summed E-state index contributed by atoms with van der Waals surface area (Å²) in [6, 6.07) is 16.9. The Morgan fingerprint density at radius 3 is 2.29 bits per heavy atom. The SMILES string of the molecule is CCOC(=O)N1CCN(C(=O)Cc2nc3ccccc3c(OCc3ccccc3)c2C(N)=O)CC1. The van der Waals surface area contributed by atoms with Gasteiger partial charge in [0, 0.05) is 31.6 Å². The van der Waals surface area contributed by atoms with Gasteiger partial charge >= 0.3 is 6.09 Å². The van der Waals surface area contributed by atoms with Crippen molar-refractivity contribution in [1.82, 2.24) is 14.8 Å². The Bertz CT molecular complexity index is 1220. The van der Waals surface area contributed by atoms with E-state index in [2.05, 4.69) is 4.98 Å². The topological polar surface area (TPSA) is 115 Å². The molecule has 0 bridgehead atoms. The number of rotatable bonds is 7. The van der Waals surface area contributed by atoms with Crippen LogP contribution in [0.3, 0.4) is 0 Å². The maximum absolute atomic E-state index is 13.1. The van der Waals surface area contributed by atoms with Gasteiger partial charge in [-0.15, -0.1) is 0 Å². The third-order valence-electron chi connectivity index (χ3n) is 5.87. The molecule has 9 heteroatoms. The molecule has 1 fully saturated rings. The van der Waals surface area contributed by atoms with E-state index in [4.69, 9.17) is 15.2 Å².